The Morgan fingerprint density at radius 1 is 1.19 bits per heavy atom. The lowest BCUT2D eigenvalue weighted by Crippen LogP contribution is -2.38. The highest BCUT2D eigenvalue weighted by molar-refractivity contribution is 14.0. The second kappa shape index (κ2) is 11.2. The molecule has 0 amide bonds. The fourth-order valence-corrected chi connectivity index (χ4v) is 2.72. The van der Waals surface area contributed by atoms with Gasteiger partial charge in [0, 0.05) is 19.4 Å². The molecule has 1 aromatic carbocycles. The summed E-state index contributed by atoms with van der Waals surface area (Å²) >= 11 is 0. The molecule has 5 nitrogen and oxygen atoms in total. The Hall–Kier alpha value is -1.71. The molecule has 1 heterocycles. The van der Waals surface area contributed by atoms with Gasteiger partial charge in [-0.2, -0.15) is 8.78 Å². The summed E-state index contributed by atoms with van der Waals surface area (Å²) < 4.78 is 26.5. The molecule has 1 aromatic heterocycles. The molecule has 0 saturated carbocycles. The first kappa shape index (κ1) is 23.3. The number of aliphatic imine (C=N–C) groups is 1. The smallest absolute Gasteiger partial charge is 0.319 e. The second-order valence-corrected chi connectivity index (χ2v) is 6.66. The minimum Gasteiger partial charge on any atom is -0.350 e. The Morgan fingerprint density at radius 2 is 1.85 bits per heavy atom. The highest BCUT2D eigenvalue weighted by Crippen LogP contribution is 2.16. The van der Waals surface area contributed by atoms with Crippen LogP contribution >= 0.6 is 24.0 Å². The van der Waals surface area contributed by atoms with E-state index in [2.05, 4.69) is 58.7 Å². The Balaban J connectivity index is 0.00000364. The van der Waals surface area contributed by atoms with Gasteiger partial charge in [0.2, 0.25) is 0 Å². The summed E-state index contributed by atoms with van der Waals surface area (Å²) in [6.07, 6.45) is 3.68. The first-order valence-corrected chi connectivity index (χ1v) is 8.76. The fraction of sp³-hybridized carbons (Fsp3) is 0.474. The van der Waals surface area contributed by atoms with Crippen LogP contribution in [-0.2, 0) is 13.0 Å². The molecule has 1 atom stereocenters. The van der Waals surface area contributed by atoms with E-state index in [1.807, 2.05) is 6.92 Å². The Kier molecular flexibility index (Phi) is 9.68. The van der Waals surface area contributed by atoms with Gasteiger partial charge in [-0.1, -0.05) is 38.1 Å². The second-order valence-electron chi connectivity index (χ2n) is 6.66. The maximum absolute atomic E-state index is 12.9. The molecular weight excluding hydrogens is 463 g/mol. The van der Waals surface area contributed by atoms with Crippen LogP contribution in [0.3, 0.4) is 0 Å². The number of imidazole rings is 1. The van der Waals surface area contributed by atoms with Crippen LogP contribution in [0.5, 0.6) is 0 Å². The standard InChI is InChI=1S/C19H27F2N5.HI/c1-13(2)11-15-5-7-16(8-6-15)14(3)25-19(22-4)24-12-17-23-9-10-26(17)18(20)21;/h5-10,13-14,18H,11-12H2,1-4H3,(H2,22,24,25);1H. The zero-order chi connectivity index (χ0) is 19.1. The molecule has 1 unspecified atom stereocenters. The van der Waals surface area contributed by atoms with Gasteiger partial charge in [0.05, 0.1) is 12.6 Å². The highest BCUT2D eigenvalue weighted by Gasteiger charge is 2.13. The van der Waals surface area contributed by atoms with Gasteiger partial charge < -0.3 is 10.6 Å². The molecule has 0 aliphatic carbocycles. The van der Waals surface area contributed by atoms with Crippen molar-refractivity contribution in [1.82, 2.24) is 20.2 Å². The van der Waals surface area contributed by atoms with Crippen LogP contribution in [0.2, 0.25) is 0 Å². The zero-order valence-corrected chi connectivity index (χ0v) is 18.4. The Morgan fingerprint density at radius 3 is 2.41 bits per heavy atom. The van der Waals surface area contributed by atoms with Gasteiger partial charge >= 0.3 is 6.55 Å². The van der Waals surface area contributed by atoms with Crippen LogP contribution in [0.4, 0.5) is 8.78 Å². The van der Waals surface area contributed by atoms with Crippen molar-refractivity contribution in [3.63, 3.8) is 0 Å². The van der Waals surface area contributed by atoms with Crippen molar-refractivity contribution in [3.05, 3.63) is 53.6 Å². The van der Waals surface area contributed by atoms with E-state index < -0.39 is 6.55 Å². The summed E-state index contributed by atoms with van der Waals surface area (Å²) in [5.41, 5.74) is 2.45. The lowest BCUT2D eigenvalue weighted by Gasteiger charge is -2.19. The van der Waals surface area contributed by atoms with Gasteiger partial charge in [0.15, 0.2) is 5.96 Å². The first-order valence-electron chi connectivity index (χ1n) is 8.76. The van der Waals surface area contributed by atoms with Crippen LogP contribution < -0.4 is 10.6 Å². The average molecular weight is 491 g/mol. The van der Waals surface area contributed by atoms with E-state index in [9.17, 15) is 8.78 Å². The average Bonchev–Trinajstić information content (AvgIpc) is 3.07. The van der Waals surface area contributed by atoms with E-state index in [1.54, 1.807) is 7.05 Å². The lowest BCUT2D eigenvalue weighted by molar-refractivity contribution is 0.0668. The fourth-order valence-electron chi connectivity index (χ4n) is 2.72. The van der Waals surface area contributed by atoms with Crippen LogP contribution in [0.25, 0.3) is 0 Å². The van der Waals surface area contributed by atoms with Crippen molar-refractivity contribution in [2.24, 2.45) is 10.9 Å². The van der Waals surface area contributed by atoms with Gasteiger partial charge in [0.25, 0.3) is 0 Å². The number of benzene rings is 1. The van der Waals surface area contributed by atoms with Gasteiger partial charge in [-0.15, -0.1) is 24.0 Å². The number of alkyl halides is 2. The van der Waals surface area contributed by atoms with Crippen molar-refractivity contribution in [3.8, 4) is 0 Å². The Bertz CT molecular complexity index is 713. The third-order valence-electron chi connectivity index (χ3n) is 4.07. The topological polar surface area (TPSA) is 54.2 Å². The van der Waals surface area contributed by atoms with E-state index in [0.29, 0.717) is 11.9 Å². The SMILES string of the molecule is CN=C(NCc1nccn1C(F)F)NC(C)c1ccc(CC(C)C)cc1.I. The number of hydrogen-bond donors (Lipinski definition) is 2. The van der Waals surface area contributed by atoms with E-state index in [4.69, 9.17) is 0 Å². The maximum atomic E-state index is 12.9. The molecule has 0 spiro atoms. The molecule has 0 aliphatic rings. The van der Waals surface area contributed by atoms with Crippen LogP contribution in [0.15, 0.2) is 41.7 Å². The minimum atomic E-state index is -2.60. The normalized spacial score (nSPS) is 12.8. The molecule has 2 N–H and O–H groups in total. The molecular formula is C19H28F2IN5. The van der Waals surface area contributed by atoms with Gasteiger partial charge in [0.1, 0.15) is 5.82 Å². The summed E-state index contributed by atoms with van der Waals surface area (Å²) in [5, 5.41) is 6.30. The number of hydrogen-bond acceptors (Lipinski definition) is 2. The van der Waals surface area contributed by atoms with Crippen molar-refractivity contribution >= 4 is 29.9 Å². The van der Waals surface area contributed by atoms with Crippen LogP contribution in [0, 0.1) is 5.92 Å². The molecule has 150 valence electrons. The van der Waals surface area contributed by atoms with Crippen molar-refractivity contribution in [2.75, 3.05) is 7.05 Å². The van der Waals surface area contributed by atoms with Crippen molar-refractivity contribution in [1.29, 1.82) is 0 Å². The van der Waals surface area contributed by atoms with Gasteiger partial charge in [-0.05, 0) is 30.4 Å². The van der Waals surface area contributed by atoms with Gasteiger partial charge in [-0.3, -0.25) is 9.56 Å². The Labute approximate surface area is 176 Å². The third kappa shape index (κ3) is 7.08. The number of rotatable bonds is 7. The maximum Gasteiger partial charge on any atom is 0.319 e. The summed E-state index contributed by atoms with van der Waals surface area (Å²) in [7, 11) is 1.65. The zero-order valence-electron chi connectivity index (χ0n) is 16.1. The summed E-state index contributed by atoms with van der Waals surface area (Å²) in [5.74, 6) is 1.42. The predicted octanol–water partition coefficient (Wildman–Crippen LogP) is 4.52. The van der Waals surface area contributed by atoms with E-state index in [1.165, 1.54) is 18.0 Å². The number of guanidine groups is 1. The predicted molar refractivity (Wildman–Crippen MR) is 116 cm³/mol. The van der Waals surface area contributed by atoms with E-state index in [-0.39, 0.29) is 42.4 Å². The van der Waals surface area contributed by atoms with Crippen LogP contribution in [0.1, 0.15) is 50.3 Å². The van der Waals surface area contributed by atoms with E-state index >= 15 is 0 Å². The molecule has 0 saturated heterocycles. The first-order chi connectivity index (χ1) is 12.4. The van der Waals surface area contributed by atoms with Crippen LogP contribution in [-0.4, -0.2) is 22.6 Å². The molecule has 27 heavy (non-hydrogen) atoms. The highest BCUT2D eigenvalue weighted by atomic mass is 127. The lowest BCUT2D eigenvalue weighted by atomic mass is 10.00. The number of halogens is 3. The molecule has 0 aliphatic heterocycles. The molecule has 0 fully saturated rings. The summed E-state index contributed by atoms with van der Waals surface area (Å²) in [6, 6.07) is 8.52. The summed E-state index contributed by atoms with van der Waals surface area (Å²) in [4.78, 5) is 8.11. The summed E-state index contributed by atoms with van der Waals surface area (Å²) in [6.45, 7) is 3.99. The number of aromatic nitrogens is 2. The van der Waals surface area contributed by atoms with Crippen molar-refractivity contribution < 1.29 is 8.78 Å². The monoisotopic (exact) mass is 491 g/mol. The molecule has 2 rings (SSSR count). The van der Waals surface area contributed by atoms with Gasteiger partial charge in [-0.25, -0.2) is 4.98 Å². The number of nitrogens with zero attached hydrogens (tertiary/aromatic N) is 3. The third-order valence-corrected chi connectivity index (χ3v) is 4.07. The quantitative estimate of drug-likeness (QED) is 0.340. The molecule has 2 aromatic rings. The molecule has 0 radical (unpaired) electrons. The largest absolute Gasteiger partial charge is 0.350 e. The van der Waals surface area contributed by atoms with E-state index in [0.717, 1.165) is 16.6 Å². The minimum absolute atomic E-state index is 0. The van der Waals surface area contributed by atoms with Crippen molar-refractivity contribution in [2.45, 2.75) is 46.3 Å². The number of nitrogens with one attached hydrogen (secondary N) is 2. The molecule has 8 heteroatoms. The molecule has 0 bridgehead atoms.